The Hall–Kier alpha value is -1.66. The van der Waals surface area contributed by atoms with Crippen LogP contribution in [-0.4, -0.2) is 4.92 Å². The van der Waals surface area contributed by atoms with Gasteiger partial charge in [-0.05, 0) is 24.5 Å². The zero-order valence-corrected chi connectivity index (χ0v) is 11.1. The lowest BCUT2D eigenvalue weighted by molar-refractivity contribution is -0.380. The predicted molar refractivity (Wildman–Crippen MR) is 72.2 cm³/mol. The van der Waals surface area contributed by atoms with Crippen LogP contribution in [0.2, 0.25) is 0 Å². The minimum atomic E-state index is -0.344. The maximum absolute atomic E-state index is 10.6. The van der Waals surface area contributed by atoms with Gasteiger partial charge in [-0.2, -0.15) is 0 Å². The quantitative estimate of drug-likeness (QED) is 0.687. The summed E-state index contributed by atoms with van der Waals surface area (Å²) in [5.41, 5.74) is 2.20. The minimum absolute atomic E-state index is 0.199. The van der Waals surface area contributed by atoms with Crippen molar-refractivity contribution in [3.8, 4) is 0 Å². The summed E-state index contributed by atoms with van der Waals surface area (Å²) in [6.45, 7) is 0.652. The summed E-state index contributed by atoms with van der Waals surface area (Å²) in [4.78, 5) is 10.3. The Balaban J connectivity index is 1.65. The van der Waals surface area contributed by atoms with Gasteiger partial charge in [0, 0.05) is 36.0 Å². The van der Waals surface area contributed by atoms with Crippen LogP contribution < -0.4 is 5.32 Å². The van der Waals surface area contributed by atoms with E-state index in [-0.39, 0.29) is 9.92 Å². The van der Waals surface area contributed by atoms with Crippen LogP contribution in [0.3, 0.4) is 0 Å². The largest absolute Gasteiger partial charge is 0.469 e. The number of hydrogen-bond acceptors (Lipinski definition) is 5. The molecule has 0 aliphatic heterocycles. The topological polar surface area (TPSA) is 68.3 Å². The normalized spacial score (nSPS) is 18.2. The van der Waals surface area contributed by atoms with Crippen LogP contribution in [0.25, 0.3) is 0 Å². The van der Waals surface area contributed by atoms with Crippen LogP contribution >= 0.6 is 11.3 Å². The van der Waals surface area contributed by atoms with Gasteiger partial charge in [-0.1, -0.05) is 11.3 Å². The van der Waals surface area contributed by atoms with Gasteiger partial charge in [0.05, 0.1) is 11.2 Å². The van der Waals surface area contributed by atoms with Crippen molar-refractivity contribution < 1.29 is 9.34 Å². The first-order valence-corrected chi connectivity index (χ1v) is 7.13. The molecule has 1 atom stereocenters. The molecule has 0 aromatic carbocycles. The van der Waals surface area contributed by atoms with Crippen molar-refractivity contribution in [2.75, 3.05) is 0 Å². The van der Waals surface area contributed by atoms with Gasteiger partial charge < -0.3 is 9.73 Å². The van der Waals surface area contributed by atoms with Crippen molar-refractivity contribution in [2.24, 2.45) is 0 Å². The Morgan fingerprint density at radius 2 is 2.47 bits per heavy atom. The highest BCUT2D eigenvalue weighted by molar-refractivity contribution is 7.13. The molecule has 19 heavy (non-hydrogen) atoms. The molecule has 2 aromatic heterocycles. The van der Waals surface area contributed by atoms with Crippen LogP contribution in [0, 0.1) is 10.1 Å². The molecule has 6 heteroatoms. The number of nitrogens with zero attached hydrogens (tertiary/aromatic N) is 1. The molecular formula is C13H14N2O3S. The molecular weight excluding hydrogens is 264 g/mol. The summed E-state index contributed by atoms with van der Waals surface area (Å²) < 4.78 is 5.45. The van der Waals surface area contributed by atoms with Gasteiger partial charge in [-0.15, -0.1) is 0 Å². The highest BCUT2D eigenvalue weighted by Gasteiger charge is 2.22. The lowest BCUT2D eigenvalue weighted by Gasteiger charge is -2.22. The number of furan rings is 1. The van der Waals surface area contributed by atoms with Gasteiger partial charge in [-0.3, -0.25) is 10.1 Å². The van der Waals surface area contributed by atoms with Gasteiger partial charge in [-0.25, -0.2) is 0 Å². The average molecular weight is 278 g/mol. The molecule has 3 rings (SSSR count). The Bertz CT molecular complexity index is 590. The smallest absolute Gasteiger partial charge is 0.324 e. The van der Waals surface area contributed by atoms with E-state index >= 15 is 0 Å². The Morgan fingerprint density at radius 1 is 1.58 bits per heavy atom. The lowest BCUT2D eigenvalue weighted by Crippen LogP contribution is -2.23. The van der Waals surface area contributed by atoms with E-state index in [0.29, 0.717) is 12.6 Å². The second kappa shape index (κ2) is 5.14. The second-order valence-electron chi connectivity index (χ2n) is 4.68. The van der Waals surface area contributed by atoms with Crippen molar-refractivity contribution in [1.82, 2.24) is 5.32 Å². The molecule has 0 amide bonds. The first-order chi connectivity index (χ1) is 9.24. The van der Waals surface area contributed by atoms with Crippen LogP contribution in [0.15, 0.2) is 28.2 Å². The van der Waals surface area contributed by atoms with Gasteiger partial charge >= 0.3 is 5.00 Å². The highest BCUT2D eigenvalue weighted by atomic mass is 32.1. The van der Waals surface area contributed by atoms with E-state index in [1.54, 1.807) is 12.3 Å². The summed E-state index contributed by atoms with van der Waals surface area (Å²) in [7, 11) is 0. The molecule has 100 valence electrons. The van der Waals surface area contributed by atoms with Crippen LogP contribution in [0.5, 0.6) is 0 Å². The van der Waals surface area contributed by atoms with E-state index in [4.69, 9.17) is 4.42 Å². The number of nitrogens with one attached hydrogen (secondary N) is 1. The summed E-state index contributed by atoms with van der Waals surface area (Å²) in [6, 6.07) is 3.94. The van der Waals surface area contributed by atoms with Crippen LogP contribution in [-0.2, 0) is 13.0 Å². The predicted octanol–water partition coefficient (Wildman–Crippen LogP) is 3.42. The van der Waals surface area contributed by atoms with Gasteiger partial charge in [0.2, 0.25) is 0 Å². The number of rotatable bonds is 4. The Kier molecular flexibility index (Phi) is 3.35. The first-order valence-electron chi connectivity index (χ1n) is 6.25. The summed E-state index contributed by atoms with van der Waals surface area (Å²) in [5.74, 6) is 1.07. The van der Waals surface area contributed by atoms with Crippen LogP contribution in [0.1, 0.15) is 35.8 Å². The van der Waals surface area contributed by atoms with E-state index in [2.05, 4.69) is 5.32 Å². The fourth-order valence-corrected chi connectivity index (χ4v) is 3.22. The van der Waals surface area contributed by atoms with Crippen molar-refractivity contribution in [1.29, 1.82) is 0 Å². The zero-order chi connectivity index (χ0) is 13.2. The third-order valence-corrected chi connectivity index (χ3v) is 4.35. The molecule has 0 bridgehead atoms. The standard InChI is InChI=1S/C13H14N2O3S/c16-15(17)13-6-9(8-19-13)7-14-11-2-1-3-12-10(11)4-5-18-12/h4-6,8,11,14H,1-3,7H2. The monoisotopic (exact) mass is 278 g/mol. The average Bonchev–Trinajstić information content (AvgIpc) is 3.05. The number of fused-ring (bicyclic) bond motifs is 1. The molecule has 0 saturated heterocycles. The molecule has 0 spiro atoms. The fourth-order valence-electron chi connectivity index (χ4n) is 2.49. The highest BCUT2D eigenvalue weighted by Crippen LogP contribution is 2.31. The summed E-state index contributed by atoms with van der Waals surface area (Å²) >= 11 is 1.17. The Morgan fingerprint density at radius 3 is 3.26 bits per heavy atom. The first kappa shape index (κ1) is 12.4. The van der Waals surface area contributed by atoms with Gasteiger partial charge in [0.1, 0.15) is 5.76 Å². The van der Waals surface area contributed by atoms with Crippen molar-refractivity contribution >= 4 is 16.3 Å². The van der Waals surface area contributed by atoms with Crippen molar-refractivity contribution in [3.63, 3.8) is 0 Å². The van der Waals surface area contributed by atoms with E-state index in [0.717, 1.165) is 30.6 Å². The third-order valence-electron chi connectivity index (χ3n) is 3.42. The number of aryl methyl sites for hydroxylation is 1. The molecule has 1 aliphatic carbocycles. The maximum Gasteiger partial charge on any atom is 0.324 e. The number of nitro groups is 1. The zero-order valence-electron chi connectivity index (χ0n) is 10.3. The molecule has 0 radical (unpaired) electrons. The van der Waals surface area contributed by atoms with E-state index in [9.17, 15) is 10.1 Å². The van der Waals surface area contributed by atoms with E-state index in [1.165, 1.54) is 16.9 Å². The van der Waals surface area contributed by atoms with Crippen molar-refractivity contribution in [2.45, 2.75) is 31.8 Å². The minimum Gasteiger partial charge on any atom is -0.469 e. The molecule has 1 unspecified atom stereocenters. The molecule has 1 aliphatic rings. The molecule has 1 N–H and O–H groups in total. The van der Waals surface area contributed by atoms with Crippen LogP contribution in [0.4, 0.5) is 5.00 Å². The lowest BCUT2D eigenvalue weighted by atomic mass is 9.93. The second-order valence-corrected chi connectivity index (χ2v) is 5.56. The van der Waals surface area contributed by atoms with Gasteiger partial charge in [0.15, 0.2) is 0 Å². The maximum atomic E-state index is 10.6. The SMILES string of the molecule is O=[N+]([O-])c1cc(CNC2CCCc3occc32)cs1. The van der Waals surface area contributed by atoms with Crippen molar-refractivity contribution in [3.05, 3.63) is 50.8 Å². The Labute approximate surface area is 114 Å². The van der Waals surface area contributed by atoms with E-state index < -0.39 is 0 Å². The molecule has 2 aromatic rings. The summed E-state index contributed by atoms with van der Waals surface area (Å²) in [6.07, 6.45) is 4.94. The molecule has 0 fully saturated rings. The third kappa shape index (κ3) is 2.54. The summed E-state index contributed by atoms with van der Waals surface area (Å²) in [5, 5.41) is 16.1. The van der Waals surface area contributed by atoms with Gasteiger partial charge in [0.25, 0.3) is 0 Å². The molecule has 2 heterocycles. The van der Waals surface area contributed by atoms with E-state index in [1.807, 2.05) is 11.4 Å². The molecule has 0 saturated carbocycles. The number of thiophene rings is 1. The fraction of sp³-hybridized carbons (Fsp3) is 0.385. The number of hydrogen-bond donors (Lipinski definition) is 1. The molecule has 5 nitrogen and oxygen atoms in total.